The van der Waals surface area contributed by atoms with Crippen LogP contribution in [-0.2, 0) is 20.8 Å². The fraction of sp³-hybridized carbons (Fsp3) is 0.571. The molecule has 0 aliphatic carbocycles. The first-order valence-electron chi connectivity index (χ1n) is 10.3. The van der Waals surface area contributed by atoms with E-state index in [1.165, 1.54) is 4.90 Å². The third kappa shape index (κ3) is 7.30. The highest BCUT2D eigenvalue weighted by atomic mass is 32.2. The Kier molecular flexibility index (Phi) is 10.1. The first-order chi connectivity index (χ1) is 14.4. The van der Waals surface area contributed by atoms with Gasteiger partial charge in [-0.05, 0) is 43.4 Å². The van der Waals surface area contributed by atoms with Gasteiger partial charge in [-0.15, -0.1) is 0 Å². The molecule has 166 valence electrons. The summed E-state index contributed by atoms with van der Waals surface area (Å²) in [5, 5.41) is 22.1. The van der Waals surface area contributed by atoms with Crippen molar-refractivity contribution in [3.8, 4) is 0 Å². The summed E-state index contributed by atoms with van der Waals surface area (Å²) in [6.45, 7) is 0.907. The van der Waals surface area contributed by atoms with Gasteiger partial charge in [0, 0.05) is 18.8 Å². The molecule has 1 heterocycles. The van der Waals surface area contributed by atoms with Crippen molar-refractivity contribution < 1.29 is 24.6 Å². The zero-order chi connectivity index (χ0) is 21.9. The normalized spacial score (nSPS) is 18.2. The highest BCUT2D eigenvalue weighted by molar-refractivity contribution is 7.99. The van der Waals surface area contributed by atoms with Crippen LogP contribution in [0.15, 0.2) is 30.3 Å². The van der Waals surface area contributed by atoms with E-state index in [0.717, 1.165) is 11.3 Å². The highest BCUT2D eigenvalue weighted by Crippen LogP contribution is 2.20. The van der Waals surface area contributed by atoms with E-state index < -0.39 is 30.1 Å². The lowest BCUT2D eigenvalue weighted by Gasteiger charge is -2.29. The number of nitrogens with one attached hydrogen (secondary N) is 1. The summed E-state index contributed by atoms with van der Waals surface area (Å²) in [7, 11) is 0. The molecule has 1 aliphatic rings. The smallest absolute Gasteiger partial charge is 0.326 e. The molecule has 1 amide bonds. The number of hydrogen-bond donors (Lipinski definition) is 4. The molecule has 9 heteroatoms. The quantitative estimate of drug-likeness (QED) is 0.338. The molecule has 0 spiro atoms. The molecule has 1 fully saturated rings. The Labute approximate surface area is 181 Å². The Bertz CT molecular complexity index is 703. The molecule has 30 heavy (non-hydrogen) atoms. The molecule has 1 aliphatic heterocycles. The number of rotatable bonds is 13. The van der Waals surface area contributed by atoms with Crippen LogP contribution in [-0.4, -0.2) is 75.7 Å². The zero-order valence-corrected chi connectivity index (χ0v) is 17.9. The molecular weight excluding hydrogens is 406 g/mol. The lowest BCUT2D eigenvalue weighted by atomic mass is 10.0. The predicted molar refractivity (Wildman–Crippen MR) is 116 cm³/mol. The van der Waals surface area contributed by atoms with E-state index >= 15 is 0 Å². The van der Waals surface area contributed by atoms with Crippen molar-refractivity contribution in [2.45, 2.75) is 50.2 Å². The van der Waals surface area contributed by atoms with E-state index in [2.05, 4.69) is 5.32 Å². The van der Waals surface area contributed by atoms with Crippen LogP contribution in [0.3, 0.4) is 0 Å². The number of aliphatic carboxylic acids is 2. The molecule has 1 aromatic rings. The second kappa shape index (κ2) is 12.6. The van der Waals surface area contributed by atoms with Crippen LogP contribution >= 0.6 is 11.8 Å². The number of amides is 1. The summed E-state index contributed by atoms with van der Waals surface area (Å²) in [6.07, 6.45) is 2.37. The number of carbonyl (C=O) groups excluding carboxylic acids is 1. The molecule has 1 unspecified atom stereocenters. The number of carboxylic acids is 2. The standard InChI is InChI=1S/C21H31N3O5S/c22-11-14-30-13-10-16(19(25)24-12-4-7-18(24)21(28)29)23-17(20(26)27)9-8-15-5-2-1-3-6-15/h1-3,5-6,16-18,23H,4,7-14,22H2,(H,26,27)(H,28,29)/t16-,17?,18-/m0/s1. The molecule has 0 saturated carbocycles. The Hall–Kier alpha value is -2.10. The Morgan fingerprint density at radius 1 is 1.13 bits per heavy atom. The Balaban J connectivity index is 2.07. The number of aryl methyl sites for hydroxylation is 1. The summed E-state index contributed by atoms with van der Waals surface area (Å²) in [5.41, 5.74) is 6.54. The molecule has 8 nitrogen and oxygen atoms in total. The Morgan fingerprint density at radius 2 is 1.87 bits per heavy atom. The van der Waals surface area contributed by atoms with Crippen LogP contribution in [0, 0.1) is 0 Å². The van der Waals surface area contributed by atoms with Gasteiger partial charge in [0.05, 0.1) is 6.04 Å². The molecule has 1 aromatic carbocycles. The number of carbonyl (C=O) groups is 3. The van der Waals surface area contributed by atoms with Crippen molar-refractivity contribution in [3.63, 3.8) is 0 Å². The fourth-order valence-electron chi connectivity index (χ4n) is 3.63. The first-order valence-corrected chi connectivity index (χ1v) is 11.4. The third-order valence-electron chi connectivity index (χ3n) is 5.20. The second-order valence-corrected chi connectivity index (χ2v) is 8.58. The highest BCUT2D eigenvalue weighted by Gasteiger charge is 2.38. The fourth-order valence-corrected chi connectivity index (χ4v) is 4.40. The minimum Gasteiger partial charge on any atom is -0.480 e. The first kappa shape index (κ1) is 24.2. The minimum atomic E-state index is -1.02. The van der Waals surface area contributed by atoms with Crippen LogP contribution in [0.4, 0.5) is 0 Å². The van der Waals surface area contributed by atoms with Crippen molar-refractivity contribution in [2.24, 2.45) is 5.73 Å². The van der Waals surface area contributed by atoms with Gasteiger partial charge in [0.15, 0.2) is 0 Å². The second-order valence-electron chi connectivity index (χ2n) is 7.35. The average Bonchev–Trinajstić information content (AvgIpc) is 3.23. The minimum absolute atomic E-state index is 0.334. The molecule has 0 bridgehead atoms. The zero-order valence-electron chi connectivity index (χ0n) is 17.0. The van der Waals surface area contributed by atoms with Gasteiger partial charge in [-0.1, -0.05) is 30.3 Å². The molecular formula is C21H31N3O5S. The van der Waals surface area contributed by atoms with E-state index in [0.29, 0.717) is 50.9 Å². The van der Waals surface area contributed by atoms with Gasteiger partial charge in [0.2, 0.25) is 5.91 Å². The number of likely N-dealkylation sites (tertiary alicyclic amines) is 1. The lowest BCUT2D eigenvalue weighted by Crippen LogP contribution is -2.54. The number of hydrogen-bond acceptors (Lipinski definition) is 6. The maximum atomic E-state index is 13.1. The molecule has 5 N–H and O–H groups in total. The van der Waals surface area contributed by atoms with Gasteiger partial charge in [0.1, 0.15) is 12.1 Å². The van der Waals surface area contributed by atoms with E-state index in [9.17, 15) is 24.6 Å². The van der Waals surface area contributed by atoms with Crippen LogP contribution in [0.1, 0.15) is 31.2 Å². The maximum absolute atomic E-state index is 13.1. The Morgan fingerprint density at radius 3 is 2.50 bits per heavy atom. The van der Waals surface area contributed by atoms with Crippen LogP contribution < -0.4 is 11.1 Å². The van der Waals surface area contributed by atoms with Crippen molar-refractivity contribution >= 4 is 29.6 Å². The summed E-state index contributed by atoms with van der Waals surface area (Å²) in [5.74, 6) is -0.986. The van der Waals surface area contributed by atoms with Gasteiger partial charge < -0.3 is 20.8 Å². The summed E-state index contributed by atoms with van der Waals surface area (Å²) in [6, 6.07) is 7.10. The van der Waals surface area contributed by atoms with Crippen LogP contribution in [0.5, 0.6) is 0 Å². The molecule has 3 atom stereocenters. The summed E-state index contributed by atoms with van der Waals surface area (Å²) >= 11 is 1.59. The van der Waals surface area contributed by atoms with Gasteiger partial charge in [-0.3, -0.25) is 14.9 Å². The average molecular weight is 438 g/mol. The predicted octanol–water partition coefficient (Wildman–Crippen LogP) is 1.19. The lowest BCUT2D eigenvalue weighted by molar-refractivity contribution is -0.149. The van der Waals surface area contributed by atoms with Crippen molar-refractivity contribution in [1.82, 2.24) is 10.2 Å². The SMILES string of the molecule is NCCSCC[C@H](NC(CCc1ccccc1)C(=O)O)C(=O)N1CCC[C@H]1C(=O)O. The molecule has 2 rings (SSSR count). The van der Waals surface area contributed by atoms with Crippen LogP contribution in [0.2, 0.25) is 0 Å². The van der Waals surface area contributed by atoms with Crippen molar-refractivity contribution in [3.05, 3.63) is 35.9 Å². The maximum Gasteiger partial charge on any atom is 0.326 e. The topological polar surface area (TPSA) is 133 Å². The van der Waals surface area contributed by atoms with E-state index in [1.807, 2.05) is 30.3 Å². The molecule has 0 aromatic heterocycles. The van der Waals surface area contributed by atoms with Gasteiger partial charge in [0.25, 0.3) is 0 Å². The van der Waals surface area contributed by atoms with Gasteiger partial charge >= 0.3 is 11.9 Å². The molecule has 0 radical (unpaired) electrons. The van der Waals surface area contributed by atoms with Crippen molar-refractivity contribution in [2.75, 3.05) is 24.6 Å². The number of nitrogens with two attached hydrogens (primary N) is 1. The number of nitrogens with zero attached hydrogens (tertiary/aromatic N) is 1. The van der Waals surface area contributed by atoms with E-state index in [1.54, 1.807) is 11.8 Å². The summed E-state index contributed by atoms with van der Waals surface area (Å²) < 4.78 is 0. The van der Waals surface area contributed by atoms with E-state index in [4.69, 9.17) is 5.73 Å². The van der Waals surface area contributed by atoms with Gasteiger partial charge in [-0.25, -0.2) is 4.79 Å². The summed E-state index contributed by atoms with van der Waals surface area (Å²) in [4.78, 5) is 37.9. The monoisotopic (exact) mass is 437 g/mol. The van der Waals surface area contributed by atoms with E-state index in [-0.39, 0.29) is 5.91 Å². The van der Waals surface area contributed by atoms with Crippen LogP contribution in [0.25, 0.3) is 0 Å². The van der Waals surface area contributed by atoms with Gasteiger partial charge in [-0.2, -0.15) is 11.8 Å². The van der Waals surface area contributed by atoms with Crippen molar-refractivity contribution in [1.29, 1.82) is 0 Å². The largest absolute Gasteiger partial charge is 0.480 e. The number of benzene rings is 1. The number of carboxylic acid groups (broad SMARTS) is 2. The number of thioether (sulfide) groups is 1. The third-order valence-corrected chi connectivity index (χ3v) is 6.25. The molecule has 1 saturated heterocycles.